The lowest BCUT2D eigenvalue weighted by Gasteiger charge is -2.32. The molecule has 0 aliphatic carbocycles. The first-order valence-corrected chi connectivity index (χ1v) is 13.4. The summed E-state index contributed by atoms with van der Waals surface area (Å²) in [6.45, 7) is 8.62. The Balaban J connectivity index is 2.33. The maximum Gasteiger partial charge on any atom is 0.330 e. The zero-order valence-corrected chi connectivity index (χ0v) is 24.4. The molecule has 0 saturated heterocycles. The fourth-order valence-electron chi connectivity index (χ4n) is 3.86. The zero-order valence-electron chi connectivity index (χ0n) is 24.4. The molecule has 5 N–H and O–H groups in total. The second-order valence-electron chi connectivity index (χ2n) is 10.7. The highest BCUT2D eigenvalue weighted by Gasteiger charge is 2.36. The van der Waals surface area contributed by atoms with E-state index < -0.39 is 59.0 Å². The summed E-state index contributed by atoms with van der Waals surface area (Å²) in [6.07, 6.45) is 2.45. The van der Waals surface area contributed by atoms with Crippen LogP contribution in [0.5, 0.6) is 0 Å². The Bertz CT molecular complexity index is 1280. The molecule has 2 rings (SSSR count). The van der Waals surface area contributed by atoms with Gasteiger partial charge in [-0.2, -0.15) is 0 Å². The predicted octanol–water partition coefficient (Wildman–Crippen LogP) is 1.86. The fourth-order valence-corrected chi connectivity index (χ4v) is 3.86. The minimum Gasteiger partial charge on any atom is -0.463 e. The Morgan fingerprint density at radius 2 is 1.74 bits per heavy atom. The van der Waals surface area contributed by atoms with E-state index in [1.165, 1.54) is 36.4 Å². The average Bonchev–Trinajstić information content (AvgIpc) is 3.35. The van der Waals surface area contributed by atoms with Crippen molar-refractivity contribution in [2.45, 2.75) is 72.0 Å². The predicted molar refractivity (Wildman–Crippen MR) is 150 cm³/mol. The third-order valence-electron chi connectivity index (χ3n) is 6.03. The van der Waals surface area contributed by atoms with Gasteiger partial charge in [0.05, 0.1) is 6.61 Å². The average molecular weight is 588 g/mol. The number of carbonyl (C=O) groups is 5. The summed E-state index contributed by atoms with van der Waals surface area (Å²) in [5.74, 6) is -3.26. The van der Waals surface area contributed by atoms with Crippen molar-refractivity contribution in [3.8, 4) is 0 Å². The van der Waals surface area contributed by atoms with Crippen molar-refractivity contribution >= 4 is 29.6 Å². The van der Waals surface area contributed by atoms with Gasteiger partial charge in [-0.05, 0) is 43.4 Å². The molecule has 1 heterocycles. The summed E-state index contributed by atoms with van der Waals surface area (Å²) in [5, 5.41) is 11.7. The lowest BCUT2D eigenvalue weighted by molar-refractivity contribution is -0.137. The van der Waals surface area contributed by atoms with Crippen LogP contribution < -0.4 is 21.7 Å². The van der Waals surface area contributed by atoms with Crippen molar-refractivity contribution in [2.24, 2.45) is 11.1 Å². The number of hydrogen-bond acceptors (Lipinski definition) is 8. The van der Waals surface area contributed by atoms with Crippen molar-refractivity contribution in [3.63, 3.8) is 0 Å². The van der Waals surface area contributed by atoms with Crippen molar-refractivity contribution in [1.82, 2.24) is 21.1 Å². The number of aromatic nitrogens is 1. The molecule has 0 unspecified atom stereocenters. The Morgan fingerprint density at radius 1 is 1.07 bits per heavy atom. The summed E-state index contributed by atoms with van der Waals surface area (Å²) in [6, 6.07) is 3.73. The lowest BCUT2D eigenvalue weighted by atomic mass is 9.85. The normalized spacial score (nSPS) is 13.6. The van der Waals surface area contributed by atoms with Crippen molar-refractivity contribution < 1.29 is 37.6 Å². The largest absolute Gasteiger partial charge is 0.463 e. The van der Waals surface area contributed by atoms with Gasteiger partial charge < -0.3 is 30.9 Å². The quantitative estimate of drug-likeness (QED) is 0.191. The number of aryl methyl sites for hydroxylation is 1. The van der Waals surface area contributed by atoms with Crippen LogP contribution in [0.3, 0.4) is 0 Å². The van der Waals surface area contributed by atoms with Crippen LogP contribution in [0.25, 0.3) is 0 Å². The van der Waals surface area contributed by atoms with E-state index in [4.69, 9.17) is 15.0 Å². The summed E-state index contributed by atoms with van der Waals surface area (Å²) < 4.78 is 23.4. The highest BCUT2D eigenvalue weighted by molar-refractivity contribution is 5.97. The Kier molecular flexibility index (Phi) is 12.4. The van der Waals surface area contributed by atoms with Gasteiger partial charge in [0.1, 0.15) is 23.7 Å². The van der Waals surface area contributed by atoms with E-state index in [2.05, 4.69) is 21.1 Å². The van der Waals surface area contributed by atoms with E-state index in [0.717, 1.165) is 6.08 Å². The van der Waals surface area contributed by atoms with Crippen molar-refractivity contribution in [3.05, 3.63) is 65.3 Å². The molecule has 2 aromatic rings. The molecule has 0 radical (unpaired) electrons. The molecule has 42 heavy (non-hydrogen) atoms. The molecule has 0 saturated carbocycles. The second kappa shape index (κ2) is 15.5. The number of nitrogens with zero attached hydrogens (tertiary/aromatic N) is 1. The molecule has 0 fully saturated rings. The van der Waals surface area contributed by atoms with Crippen LogP contribution in [0.1, 0.15) is 62.3 Å². The Labute approximate surface area is 243 Å². The molecule has 13 heteroatoms. The van der Waals surface area contributed by atoms with Crippen LogP contribution in [-0.4, -0.2) is 59.5 Å². The lowest BCUT2D eigenvalue weighted by Crippen LogP contribution is -2.58. The van der Waals surface area contributed by atoms with Gasteiger partial charge in [-0.15, -0.1) is 0 Å². The van der Waals surface area contributed by atoms with E-state index in [1.807, 2.05) is 0 Å². The first kappa shape index (κ1) is 33.7. The van der Waals surface area contributed by atoms with Crippen LogP contribution >= 0.6 is 0 Å². The number of amides is 4. The molecule has 4 amide bonds. The van der Waals surface area contributed by atoms with Gasteiger partial charge in [0, 0.05) is 31.0 Å². The van der Waals surface area contributed by atoms with Crippen molar-refractivity contribution in [2.75, 3.05) is 6.61 Å². The van der Waals surface area contributed by atoms with Crippen molar-refractivity contribution in [1.29, 1.82) is 0 Å². The monoisotopic (exact) mass is 587 g/mol. The third kappa shape index (κ3) is 11.1. The SMILES string of the molecule is CCOC(=O)C=C[C@H](CCC(N)=O)NC(=O)[C@H](Cc1ccc(F)cc1)NC(=O)[C@@H](NC(=O)c1cc(C)on1)C(C)(C)C. The van der Waals surface area contributed by atoms with Crippen LogP contribution in [-0.2, 0) is 30.3 Å². The highest BCUT2D eigenvalue weighted by atomic mass is 19.1. The molecular weight excluding hydrogens is 549 g/mol. The third-order valence-corrected chi connectivity index (χ3v) is 6.03. The number of hydrogen-bond donors (Lipinski definition) is 4. The molecule has 12 nitrogen and oxygen atoms in total. The number of carbonyl (C=O) groups excluding carboxylic acids is 5. The molecule has 1 aromatic heterocycles. The number of nitrogens with one attached hydrogen (secondary N) is 3. The van der Waals surface area contributed by atoms with Gasteiger partial charge in [0.2, 0.25) is 17.7 Å². The summed E-state index contributed by atoms with van der Waals surface area (Å²) in [5.41, 5.74) is 5.01. The zero-order chi connectivity index (χ0) is 31.4. The van der Waals surface area contributed by atoms with E-state index in [-0.39, 0.29) is 31.6 Å². The van der Waals surface area contributed by atoms with Gasteiger partial charge in [0.15, 0.2) is 5.69 Å². The van der Waals surface area contributed by atoms with Gasteiger partial charge in [-0.25, -0.2) is 9.18 Å². The number of esters is 1. The Morgan fingerprint density at radius 3 is 2.29 bits per heavy atom. The number of halogens is 1. The molecule has 228 valence electrons. The first-order chi connectivity index (χ1) is 19.7. The van der Waals surface area contributed by atoms with Gasteiger partial charge in [-0.3, -0.25) is 19.2 Å². The smallest absolute Gasteiger partial charge is 0.330 e. The van der Waals surface area contributed by atoms with E-state index >= 15 is 0 Å². The van der Waals surface area contributed by atoms with Gasteiger partial charge in [-0.1, -0.05) is 44.1 Å². The number of primary amides is 1. The minimum absolute atomic E-state index is 0.0131. The first-order valence-electron chi connectivity index (χ1n) is 13.4. The van der Waals surface area contributed by atoms with Gasteiger partial charge in [0.25, 0.3) is 5.91 Å². The number of ether oxygens (including phenoxy) is 1. The van der Waals surface area contributed by atoms with Gasteiger partial charge >= 0.3 is 5.97 Å². The summed E-state index contributed by atoms with van der Waals surface area (Å²) in [4.78, 5) is 63.1. The molecule has 0 bridgehead atoms. The molecule has 0 aliphatic rings. The number of rotatable bonds is 14. The van der Waals surface area contributed by atoms with Crippen LogP contribution in [0.2, 0.25) is 0 Å². The molecule has 0 spiro atoms. The fraction of sp³-hybridized carbons (Fsp3) is 0.448. The van der Waals surface area contributed by atoms with Crippen LogP contribution in [0.15, 0.2) is 47.0 Å². The molecular formula is C29H38FN5O7. The Hall–Kier alpha value is -4.55. The van der Waals surface area contributed by atoms with Crippen LogP contribution in [0.4, 0.5) is 4.39 Å². The van der Waals surface area contributed by atoms with E-state index in [0.29, 0.717) is 11.3 Å². The maximum absolute atomic E-state index is 13.6. The van der Waals surface area contributed by atoms with E-state index in [9.17, 15) is 28.4 Å². The summed E-state index contributed by atoms with van der Waals surface area (Å²) in [7, 11) is 0. The molecule has 1 aromatic carbocycles. The minimum atomic E-state index is -1.19. The number of nitrogens with two attached hydrogens (primary N) is 1. The molecule has 0 aliphatic heterocycles. The summed E-state index contributed by atoms with van der Waals surface area (Å²) >= 11 is 0. The second-order valence-corrected chi connectivity index (χ2v) is 10.7. The number of benzene rings is 1. The maximum atomic E-state index is 13.6. The topological polar surface area (TPSA) is 183 Å². The van der Waals surface area contributed by atoms with E-state index in [1.54, 1.807) is 34.6 Å². The highest BCUT2D eigenvalue weighted by Crippen LogP contribution is 2.21. The molecule has 3 atom stereocenters. The standard InChI is InChI=1S/C29H38FN5O7/c1-6-41-24(37)14-12-20(11-13-23(31)36)32-26(38)21(16-18-7-9-19(30)10-8-18)33-28(40)25(29(3,4)5)34-27(39)22-15-17(2)42-35-22/h7-10,12,14-15,20-21,25H,6,11,13,16H2,1-5H3,(H2,31,36)(H,32,38)(H,33,40)(H,34,39)/t20-,21-,25+/m0/s1. The van der Waals surface area contributed by atoms with Crippen LogP contribution in [0, 0.1) is 18.2 Å².